The molecule has 1 aromatic rings. The van der Waals surface area contributed by atoms with Gasteiger partial charge in [-0.15, -0.1) is 11.8 Å². The number of hydrogen-bond donors (Lipinski definition) is 1. The number of rotatable bonds is 4. The highest BCUT2D eigenvalue weighted by molar-refractivity contribution is 7.99. The first kappa shape index (κ1) is 10.5. The van der Waals surface area contributed by atoms with Crippen LogP contribution in [-0.4, -0.2) is 21.8 Å². The Morgan fingerprint density at radius 2 is 2.43 bits per heavy atom. The van der Waals surface area contributed by atoms with Gasteiger partial charge in [-0.3, -0.25) is 4.79 Å². The number of nitriles is 1. The van der Waals surface area contributed by atoms with E-state index in [9.17, 15) is 4.79 Å². The Hall–Kier alpha value is -1.54. The van der Waals surface area contributed by atoms with Crippen LogP contribution in [-0.2, 0) is 4.79 Å². The van der Waals surface area contributed by atoms with Crippen LogP contribution in [0.2, 0.25) is 0 Å². The number of pyridine rings is 1. The summed E-state index contributed by atoms with van der Waals surface area (Å²) < 4.78 is 0. The van der Waals surface area contributed by atoms with E-state index in [1.165, 1.54) is 18.0 Å². The van der Waals surface area contributed by atoms with E-state index in [0.29, 0.717) is 11.3 Å². The zero-order valence-corrected chi connectivity index (χ0v) is 8.12. The van der Waals surface area contributed by atoms with E-state index in [0.717, 1.165) is 5.03 Å². The molecule has 0 saturated heterocycles. The van der Waals surface area contributed by atoms with Gasteiger partial charge in [0.05, 0.1) is 17.0 Å². The normalized spacial score (nSPS) is 9.36. The van der Waals surface area contributed by atoms with Crippen LogP contribution in [0.3, 0.4) is 0 Å². The van der Waals surface area contributed by atoms with E-state index in [1.54, 1.807) is 12.1 Å². The average Bonchev–Trinajstić information content (AvgIpc) is 2.18. The van der Waals surface area contributed by atoms with Crippen molar-refractivity contribution in [3.63, 3.8) is 0 Å². The molecule has 1 heterocycles. The molecule has 0 spiro atoms. The van der Waals surface area contributed by atoms with E-state index in [-0.39, 0.29) is 6.42 Å². The smallest absolute Gasteiger partial charge is 0.304 e. The lowest BCUT2D eigenvalue weighted by atomic mass is 10.3. The maximum atomic E-state index is 10.2. The molecule has 14 heavy (non-hydrogen) atoms. The first-order chi connectivity index (χ1) is 6.72. The zero-order chi connectivity index (χ0) is 10.4. The predicted octanol–water partition coefficient (Wildman–Crippen LogP) is 1.52. The molecule has 0 saturated carbocycles. The summed E-state index contributed by atoms with van der Waals surface area (Å²) in [6.45, 7) is 0. The van der Waals surface area contributed by atoms with Gasteiger partial charge in [0, 0.05) is 11.9 Å². The molecule has 5 heteroatoms. The fraction of sp³-hybridized carbons (Fsp3) is 0.222. The molecule has 1 rings (SSSR count). The lowest BCUT2D eigenvalue weighted by Gasteiger charge is -1.97. The number of carboxylic acid groups (broad SMARTS) is 1. The Morgan fingerprint density at radius 1 is 1.64 bits per heavy atom. The van der Waals surface area contributed by atoms with Crippen LogP contribution >= 0.6 is 11.8 Å². The van der Waals surface area contributed by atoms with E-state index >= 15 is 0 Å². The Kier molecular flexibility index (Phi) is 3.95. The van der Waals surface area contributed by atoms with Gasteiger partial charge in [0.2, 0.25) is 0 Å². The summed E-state index contributed by atoms with van der Waals surface area (Å²) in [4.78, 5) is 14.2. The summed E-state index contributed by atoms with van der Waals surface area (Å²) in [5, 5.41) is 17.6. The third kappa shape index (κ3) is 3.46. The van der Waals surface area contributed by atoms with Crippen LogP contribution in [0.4, 0.5) is 0 Å². The molecule has 72 valence electrons. The quantitative estimate of drug-likeness (QED) is 0.759. The minimum Gasteiger partial charge on any atom is -0.481 e. The summed E-state index contributed by atoms with van der Waals surface area (Å²) in [6, 6.07) is 5.34. The molecular weight excluding hydrogens is 200 g/mol. The van der Waals surface area contributed by atoms with Gasteiger partial charge in [-0.05, 0) is 12.1 Å². The van der Waals surface area contributed by atoms with Gasteiger partial charge in [0.25, 0.3) is 0 Å². The number of nitrogens with zero attached hydrogens (tertiary/aromatic N) is 2. The van der Waals surface area contributed by atoms with Gasteiger partial charge >= 0.3 is 5.97 Å². The minimum absolute atomic E-state index is 0.117. The topological polar surface area (TPSA) is 74.0 Å². The van der Waals surface area contributed by atoms with Crippen molar-refractivity contribution in [1.82, 2.24) is 4.98 Å². The average molecular weight is 208 g/mol. The number of hydrogen-bond acceptors (Lipinski definition) is 4. The first-order valence-corrected chi connectivity index (χ1v) is 4.91. The van der Waals surface area contributed by atoms with Crippen molar-refractivity contribution < 1.29 is 9.90 Å². The second-order valence-corrected chi connectivity index (χ2v) is 3.60. The van der Waals surface area contributed by atoms with Crippen molar-refractivity contribution in [1.29, 1.82) is 5.26 Å². The van der Waals surface area contributed by atoms with Crippen LogP contribution in [0.1, 0.15) is 12.0 Å². The highest BCUT2D eigenvalue weighted by atomic mass is 32.2. The molecule has 1 N–H and O–H groups in total. The van der Waals surface area contributed by atoms with Crippen molar-refractivity contribution in [2.24, 2.45) is 0 Å². The summed E-state index contributed by atoms with van der Waals surface area (Å²) in [6.07, 6.45) is 1.59. The summed E-state index contributed by atoms with van der Waals surface area (Å²) in [5.74, 6) is -0.319. The van der Waals surface area contributed by atoms with Crippen molar-refractivity contribution in [3.8, 4) is 6.07 Å². The molecule has 0 aromatic carbocycles. The van der Waals surface area contributed by atoms with Gasteiger partial charge in [0.15, 0.2) is 0 Å². The van der Waals surface area contributed by atoms with Crippen LogP contribution in [0.25, 0.3) is 0 Å². The molecule has 4 nitrogen and oxygen atoms in total. The summed E-state index contributed by atoms with van der Waals surface area (Å²) in [7, 11) is 0. The van der Waals surface area contributed by atoms with E-state index in [4.69, 9.17) is 10.4 Å². The number of carbonyl (C=O) groups is 1. The minimum atomic E-state index is -0.814. The molecule has 0 aliphatic carbocycles. The fourth-order valence-electron chi connectivity index (χ4n) is 0.775. The standard InChI is InChI=1S/C9H8N2O2S/c10-5-7-1-2-8(11-6-7)14-4-3-9(12)13/h1-2,6H,3-4H2,(H,12,13). The Labute approximate surface area is 85.6 Å². The summed E-state index contributed by atoms with van der Waals surface area (Å²) >= 11 is 1.37. The molecule has 0 aliphatic heterocycles. The highest BCUT2D eigenvalue weighted by Gasteiger charge is 1.99. The Morgan fingerprint density at radius 3 is 2.93 bits per heavy atom. The summed E-state index contributed by atoms with van der Waals surface area (Å²) in [5.41, 5.74) is 0.507. The lowest BCUT2D eigenvalue weighted by Crippen LogP contribution is -1.96. The number of thioether (sulfide) groups is 1. The lowest BCUT2D eigenvalue weighted by molar-refractivity contribution is -0.136. The van der Waals surface area contributed by atoms with E-state index in [2.05, 4.69) is 4.98 Å². The molecule has 0 unspecified atom stereocenters. The maximum absolute atomic E-state index is 10.2. The zero-order valence-electron chi connectivity index (χ0n) is 7.30. The van der Waals surface area contributed by atoms with Gasteiger partial charge in [-0.25, -0.2) is 4.98 Å². The number of aliphatic carboxylic acids is 1. The highest BCUT2D eigenvalue weighted by Crippen LogP contribution is 2.15. The molecule has 0 amide bonds. The van der Waals surface area contributed by atoms with Crippen LogP contribution in [0.15, 0.2) is 23.4 Å². The fourth-order valence-corrected chi connectivity index (χ4v) is 1.55. The predicted molar refractivity (Wildman–Crippen MR) is 51.9 cm³/mol. The van der Waals surface area contributed by atoms with Crippen molar-refractivity contribution >= 4 is 17.7 Å². The molecule has 0 fully saturated rings. The maximum Gasteiger partial charge on any atom is 0.304 e. The van der Waals surface area contributed by atoms with Crippen molar-refractivity contribution in [2.45, 2.75) is 11.4 Å². The molecule has 0 aliphatic rings. The monoisotopic (exact) mass is 208 g/mol. The Balaban J connectivity index is 2.45. The van der Waals surface area contributed by atoms with Crippen LogP contribution in [0.5, 0.6) is 0 Å². The van der Waals surface area contributed by atoms with Gasteiger partial charge < -0.3 is 5.11 Å². The molecule has 0 atom stereocenters. The Bertz CT molecular complexity index is 356. The number of carboxylic acids is 1. The number of aromatic nitrogens is 1. The van der Waals surface area contributed by atoms with E-state index < -0.39 is 5.97 Å². The van der Waals surface area contributed by atoms with Crippen LogP contribution in [0, 0.1) is 11.3 Å². The second kappa shape index (κ2) is 5.25. The van der Waals surface area contributed by atoms with Gasteiger partial charge in [-0.1, -0.05) is 0 Å². The first-order valence-electron chi connectivity index (χ1n) is 3.93. The molecule has 1 aromatic heterocycles. The SMILES string of the molecule is N#Cc1ccc(SCCC(=O)O)nc1. The van der Waals surface area contributed by atoms with Gasteiger partial charge in [-0.2, -0.15) is 5.26 Å². The van der Waals surface area contributed by atoms with E-state index in [1.807, 2.05) is 6.07 Å². The van der Waals surface area contributed by atoms with Crippen molar-refractivity contribution in [3.05, 3.63) is 23.9 Å². The molecule has 0 bridgehead atoms. The molecule has 0 radical (unpaired) electrons. The van der Waals surface area contributed by atoms with Crippen molar-refractivity contribution in [2.75, 3.05) is 5.75 Å². The third-order valence-electron chi connectivity index (χ3n) is 1.43. The van der Waals surface area contributed by atoms with Crippen LogP contribution < -0.4 is 0 Å². The van der Waals surface area contributed by atoms with Gasteiger partial charge in [0.1, 0.15) is 6.07 Å². The third-order valence-corrected chi connectivity index (χ3v) is 2.38. The second-order valence-electron chi connectivity index (χ2n) is 2.49. The molecular formula is C9H8N2O2S. The largest absolute Gasteiger partial charge is 0.481 e.